The monoisotopic (exact) mass is 314 g/mol. The lowest BCUT2D eigenvalue weighted by Gasteiger charge is -2.06. The minimum atomic E-state index is -0.432. The normalized spacial score (nSPS) is 11.3. The van der Waals surface area contributed by atoms with Crippen LogP contribution in [0.25, 0.3) is 22.6 Å². The summed E-state index contributed by atoms with van der Waals surface area (Å²) in [6, 6.07) is 7.74. The molecule has 7 nitrogen and oxygen atoms in total. The van der Waals surface area contributed by atoms with Crippen LogP contribution in [0.4, 0.5) is 0 Å². The van der Waals surface area contributed by atoms with Crippen molar-refractivity contribution < 1.29 is 5.11 Å². The van der Waals surface area contributed by atoms with Gasteiger partial charge in [0.1, 0.15) is 11.3 Å². The van der Waals surface area contributed by atoms with Gasteiger partial charge in [0.2, 0.25) is 0 Å². The van der Waals surface area contributed by atoms with Gasteiger partial charge in [0, 0.05) is 25.8 Å². The molecule has 0 saturated heterocycles. The van der Waals surface area contributed by atoms with E-state index < -0.39 is 11.2 Å². The third-order valence-corrected chi connectivity index (χ3v) is 3.84. The number of nitrogens with zero attached hydrogens (tertiary/aromatic N) is 3. The number of H-pyrrole nitrogens is 1. The Hall–Kier alpha value is -2.67. The average molecular weight is 314 g/mol. The molecule has 0 radical (unpaired) electrons. The van der Waals surface area contributed by atoms with Crippen LogP contribution in [0.2, 0.25) is 0 Å². The number of aliphatic hydroxyl groups excluding tert-OH is 1. The highest BCUT2D eigenvalue weighted by atomic mass is 16.3. The Kier molecular flexibility index (Phi) is 3.87. The lowest BCUT2D eigenvalue weighted by molar-refractivity contribution is 0.277. The van der Waals surface area contributed by atoms with Crippen molar-refractivity contribution in [3.05, 3.63) is 50.7 Å². The highest BCUT2D eigenvalue weighted by Crippen LogP contribution is 2.18. The first-order chi connectivity index (χ1) is 11.0. The SMILES string of the molecule is Cc1ccc(-c2nc3c([nH]2)c(=O)n(CCCO)c(=O)n3C)cc1. The molecule has 3 rings (SSSR count). The van der Waals surface area contributed by atoms with Crippen LogP contribution in [0.1, 0.15) is 12.0 Å². The smallest absolute Gasteiger partial charge is 0.332 e. The highest BCUT2D eigenvalue weighted by Gasteiger charge is 2.15. The van der Waals surface area contributed by atoms with Gasteiger partial charge in [0.15, 0.2) is 5.65 Å². The van der Waals surface area contributed by atoms with Crippen molar-refractivity contribution in [2.75, 3.05) is 6.61 Å². The molecule has 0 atom stereocenters. The average Bonchev–Trinajstić information content (AvgIpc) is 2.99. The summed E-state index contributed by atoms with van der Waals surface area (Å²) in [4.78, 5) is 32.2. The van der Waals surface area contributed by atoms with Crippen LogP contribution in [0.3, 0.4) is 0 Å². The van der Waals surface area contributed by atoms with Gasteiger partial charge >= 0.3 is 5.69 Å². The van der Waals surface area contributed by atoms with E-state index in [1.54, 1.807) is 7.05 Å². The standard InChI is InChI=1S/C16H18N4O3/c1-10-4-6-11(7-5-10)13-17-12-14(18-13)19(2)16(23)20(15(12)22)8-3-9-21/h4-7,21H,3,8-9H2,1-2H3,(H,17,18). The predicted octanol–water partition coefficient (Wildman–Crippen LogP) is 0.781. The first-order valence-electron chi connectivity index (χ1n) is 7.40. The van der Waals surface area contributed by atoms with Crippen molar-refractivity contribution >= 4 is 11.2 Å². The molecule has 0 aliphatic rings. The molecule has 0 bridgehead atoms. The fraction of sp³-hybridized carbons (Fsp3) is 0.312. The predicted molar refractivity (Wildman–Crippen MR) is 87.5 cm³/mol. The van der Waals surface area contributed by atoms with Crippen molar-refractivity contribution in [1.82, 2.24) is 19.1 Å². The first kappa shape index (κ1) is 15.2. The van der Waals surface area contributed by atoms with Crippen molar-refractivity contribution in [3.63, 3.8) is 0 Å². The van der Waals surface area contributed by atoms with Crippen LogP contribution in [-0.2, 0) is 13.6 Å². The maximum atomic E-state index is 12.5. The summed E-state index contributed by atoms with van der Waals surface area (Å²) < 4.78 is 2.47. The number of aliphatic hydroxyl groups is 1. The molecule has 0 fully saturated rings. The molecule has 0 aliphatic heterocycles. The van der Waals surface area contributed by atoms with E-state index in [1.807, 2.05) is 31.2 Å². The van der Waals surface area contributed by atoms with Crippen LogP contribution in [0, 0.1) is 6.92 Å². The zero-order valence-corrected chi connectivity index (χ0v) is 13.0. The molecular formula is C16H18N4O3. The summed E-state index contributed by atoms with van der Waals surface area (Å²) in [6.45, 7) is 2.09. The van der Waals surface area contributed by atoms with Crippen molar-refractivity contribution in [2.24, 2.45) is 7.05 Å². The Morgan fingerprint density at radius 1 is 1.22 bits per heavy atom. The van der Waals surface area contributed by atoms with E-state index in [4.69, 9.17) is 5.11 Å². The molecule has 0 saturated carbocycles. The molecule has 0 aliphatic carbocycles. The first-order valence-corrected chi connectivity index (χ1v) is 7.40. The van der Waals surface area contributed by atoms with Crippen molar-refractivity contribution in [2.45, 2.75) is 19.9 Å². The number of aryl methyl sites for hydroxylation is 2. The van der Waals surface area contributed by atoms with Gasteiger partial charge < -0.3 is 10.1 Å². The highest BCUT2D eigenvalue weighted by molar-refractivity contribution is 5.75. The molecule has 2 heterocycles. The molecular weight excluding hydrogens is 296 g/mol. The Bertz CT molecular complexity index is 964. The second kappa shape index (κ2) is 5.85. The Labute approximate surface area is 131 Å². The van der Waals surface area contributed by atoms with E-state index in [2.05, 4.69) is 9.97 Å². The number of aromatic nitrogens is 4. The fourth-order valence-corrected chi connectivity index (χ4v) is 2.52. The molecule has 7 heteroatoms. The number of fused-ring (bicyclic) bond motifs is 1. The zero-order chi connectivity index (χ0) is 16.6. The topological polar surface area (TPSA) is 92.9 Å². The van der Waals surface area contributed by atoms with E-state index in [0.29, 0.717) is 23.4 Å². The van der Waals surface area contributed by atoms with Crippen LogP contribution in [0.15, 0.2) is 33.9 Å². The number of rotatable bonds is 4. The van der Waals surface area contributed by atoms with Crippen LogP contribution >= 0.6 is 0 Å². The van der Waals surface area contributed by atoms with Gasteiger partial charge in [-0.2, -0.15) is 0 Å². The molecule has 0 amide bonds. The molecule has 3 aromatic rings. The van der Waals surface area contributed by atoms with Crippen LogP contribution < -0.4 is 11.2 Å². The van der Waals surface area contributed by atoms with Gasteiger partial charge in [-0.05, 0) is 13.3 Å². The summed E-state index contributed by atoms with van der Waals surface area (Å²) in [5.41, 5.74) is 1.75. The van der Waals surface area contributed by atoms with Gasteiger partial charge in [0.05, 0.1) is 0 Å². The minimum absolute atomic E-state index is 0.0782. The van der Waals surface area contributed by atoms with Gasteiger partial charge in [-0.25, -0.2) is 9.78 Å². The number of benzene rings is 1. The molecule has 0 unspecified atom stereocenters. The van der Waals surface area contributed by atoms with Crippen molar-refractivity contribution in [3.8, 4) is 11.4 Å². The van der Waals surface area contributed by atoms with E-state index in [9.17, 15) is 9.59 Å². The van der Waals surface area contributed by atoms with Crippen LogP contribution in [0.5, 0.6) is 0 Å². The van der Waals surface area contributed by atoms with E-state index in [0.717, 1.165) is 15.7 Å². The Morgan fingerprint density at radius 2 is 1.91 bits per heavy atom. The molecule has 1 aromatic carbocycles. The second-order valence-electron chi connectivity index (χ2n) is 5.53. The summed E-state index contributed by atoms with van der Waals surface area (Å²) in [6.07, 6.45) is 0.347. The molecule has 2 N–H and O–H groups in total. The second-order valence-corrected chi connectivity index (χ2v) is 5.53. The minimum Gasteiger partial charge on any atom is -0.396 e. The quantitative estimate of drug-likeness (QED) is 0.744. The fourth-order valence-electron chi connectivity index (χ4n) is 2.52. The van der Waals surface area contributed by atoms with Gasteiger partial charge in [-0.3, -0.25) is 13.9 Å². The number of aromatic amines is 1. The number of hydrogen-bond donors (Lipinski definition) is 2. The molecule has 23 heavy (non-hydrogen) atoms. The van der Waals surface area contributed by atoms with Crippen LogP contribution in [-0.4, -0.2) is 30.8 Å². The third-order valence-electron chi connectivity index (χ3n) is 3.84. The van der Waals surface area contributed by atoms with Gasteiger partial charge in [-0.1, -0.05) is 29.8 Å². The number of hydrogen-bond acceptors (Lipinski definition) is 4. The molecule has 120 valence electrons. The van der Waals surface area contributed by atoms with E-state index in [-0.39, 0.29) is 13.2 Å². The third kappa shape index (κ3) is 2.59. The Morgan fingerprint density at radius 3 is 2.57 bits per heavy atom. The maximum Gasteiger partial charge on any atom is 0.332 e. The number of imidazole rings is 1. The zero-order valence-electron chi connectivity index (χ0n) is 13.0. The summed E-state index contributed by atoms with van der Waals surface area (Å²) >= 11 is 0. The lowest BCUT2D eigenvalue weighted by atomic mass is 10.1. The molecule has 2 aromatic heterocycles. The molecule has 0 spiro atoms. The Balaban J connectivity index is 2.21. The van der Waals surface area contributed by atoms with E-state index >= 15 is 0 Å². The van der Waals surface area contributed by atoms with Gasteiger partial charge in [-0.15, -0.1) is 0 Å². The van der Waals surface area contributed by atoms with Gasteiger partial charge in [0.25, 0.3) is 5.56 Å². The largest absolute Gasteiger partial charge is 0.396 e. The summed E-state index contributed by atoms with van der Waals surface area (Å²) in [5.74, 6) is 0.548. The maximum absolute atomic E-state index is 12.5. The summed E-state index contributed by atoms with van der Waals surface area (Å²) in [5, 5.41) is 8.92. The van der Waals surface area contributed by atoms with Crippen molar-refractivity contribution in [1.29, 1.82) is 0 Å². The lowest BCUT2D eigenvalue weighted by Crippen LogP contribution is -2.39. The van der Waals surface area contributed by atoms with E-state index in [1.165, 1.54) is 4.57 Å². The summed E-state index contributed by atoms with van der Waals surface area (Å²) in [7, 11) is 1.58. The number of nitrogens with one attached hydrogen (secondary N) is 1.